The summed E-state index contributed by atoms with van der Waals surface area (Å²) in [6.45, 7) is -6.73. The molecular formula is C23H22F4N2O5. The molecule has 3 rings (SSSR count). The molecule has 0 fully saturated rings. The standard InChI is InChI=1S/C23H22F4N2O5/c24-22(25)33-20-8-5-17(10-21(20)34-23(26)27)29(12-15-2-1-9-28-11-15)16-3-6-19(7-4-16)32-14-18(31)13-30/h1-11,18,22-23,30-31H,12-14H2. The molecule has 0 saturated heterocycles. The van der Waals surface area contributed by atoms with Gasteiger partial charge in [0, 0.05) is 36.4 Å². The van der Waals surface area contributed by atoms with Crippen LogP contribution in [0.5, 0.6) is 17.2 Å². The lowest BCUT2D eigenvalue weighted by atomic mass is 10.1. The first kappa shape index (κ1) is 25.1. The van der Waals surface area contributed by atoms with E-state index in [1.807, 2.05) is 6.07 Å². The summed E-state index contributed by atoms with van der Waals surface area (Å²) in [5.41, 5.74) is 1.77. The van der Waals surface area contributed by atoms with Crippen molar-refractivity contribution in [3.63, 3.8) is 0 Å². The molecule has 0 aliphatic heterocycles. The molecule has 34 heavy (non-hydrogen) atoms. The number of ether oxygens (including phenoxy) is 3. The summed E-state index contributed by atoms with van der Waals surface area (Å²) in [7, 11) is 0. The van der Waals surface area contributed by atoms with E-state index >= 15 is 0 Å². The molecule has 0 aliphatic rings. The minimum Gasteiger partial charge on any atom is -0.491 e. The number of alkyl halides is 4. The Morgan fingerprint density at radius 3 is 2.18 bits per heavy atom. The monoisotopic (exact) mass is 482 g/mol. The molecule has 0 amide bonds. The van der Waals surface area contributed by atoms with Crippen molar-refractivity contribution in [2.45, 2.75) is 25.9 Å². The fourth-order valence-electron chi connectivity index (χ4n) is 3.02. The highest BCUT2D eigenvalue weighted by molar-refractivity contribution is 5.67. The van der Waals surface area contributed by atoms with E-state index in [1.165, 1.54) is 12.1 Å². The fraction of sp³-hybridized carbons (Fsp3) is 0.261. The van der Waals surface area contributed by atoms with Gasteiger partial charge in [-0.05, 0) is 48.0 Å². The van der Waals surface area contributed by atoms with Gasteiger partial charge in [0.25, 0.3) is 0 Å². The van der Waals surface area contributed by atoms with Crippen molar-refractivity contribution in [3.8, 4) is 17.2 Å². The van der Waals surface area contributed by atoms with Crippen molar-refractivity contribution in [2.75, 3.05) is 18.1 Å². The third-order valence-electron chi connectivity index (χ3n) is 4.54. The Kier molecular flexibility index (Phi) is 8.88. The molecule has 0 bridgehead atoms. The highest BCUT2D eigenvalue weighted by atomic mass is 19.3. The molecule has 1 unspecified atom stereocenters. The maximum atomic E-state index is 12.9. The van der Waals surface area contributed by atoms with Crippen LogP contribution in [0, 0.1) is 0 Å². The lowest BCUT2D eigenvalue weighted by Crippen LogP contribution is -2.21. The third-order valence-corrected chi connectivity index (χ3v) is 4.54. The molecule has 2 aromatic carbocycles. The molecule has 0 saturated carbocycles. The SMILES string of the molecule is OCC(O)COc1ccc(N(Cc2cccnc2)c2ccc(OC(F)F)c(OC(F)F)c2)cc1. The van der Waals surface area contributed by atoms with Gasteiger partial charge in [-0.15, -0.1) is 0 Å². The Bertz CT molecular complexity index is 1030. The summed E-state index contributed by atoms with van der Waals surface area (Å²) >= 11 is 0. The van der Waals surface area contributed by atoms with E-state index in [4.69, 9.17) is 9.84 Å². The van der Waals surface area contributed by atoms with Crippen LogP contribution in [0.1, 0.15) is 5.56 Å². The lowest BCUT2D eigenvalue weighted by molar-refractivity contribution is -0.0692. The van der Waals surface area contributed by atoms with Crippen molar-refractivity contribution < 1.29 is 42.0 Å². The van der Waals surface area contributed by atoms with Crippen LogP contribution in [-0.2, 0) is 6.54 Å². The summed E-state index contributed by atoms with van der Waals surface area (Å²) in [6, 6.07) is 13.9. The second-order valence-corrected chi connectivity index (χ2v) is 6.98. The van der Waals surface area contributed by atoms with Crippen LogP contribution in [0.25, 0.3) is 0 Å². The maximum absolute atomic E-state index is 12.9. The number of aliphatic hydroxyl groups excluding tert-OH is 2. The predicted octanol–water partition coefficient (Wildman–Crippen LogP) is 4.35. The summed E-state index contributed by atoms with van der Waals surface area (Å²) in [6.07, 6.45) is 2.21. The smallest absolute Gasteiger partial charge is 0.387 e. The highest BCUT2D eigenvalue weighted by Gasteiger charge is 2.19. The largest absolute Gasteiger partial charge is 0.491 e. The second kappa shape index (κ2) is 12.1. The van der Waals surface area contributed by atoms with Crippen LogP contribution in [0.4, 0.5) is 28.9 Å². The molecule has 0 radical (unpaired) electrons. The Labute approximate surface area is 192 Å². The van der Waals surface area contributed by atoms with Gasteiger partial charge < -0.3 is 29.3 Å². The van der Waals surface area contributed by atoms with Crippen LogP contribution in [0.15, 0.2) is 67.0 Å². The average Bonchev–Trinajstić information content (AvgIpc) is 2.82. The Morgan fingerprint density at radius 2 is 1.56 bits per heavy atom. The van der Waals surface area contributed by atoms with Gasteiger partial charge in [-0.2, -0.15) is 17.6 Å². The number of pyridine rings is 1. The minimum absolute atomic E-state index is 0.102. The van der Waals surface area contributed by atoms with E-state index in [9.17, 15) is 22.7 Å². The average molecular weight is 482 g/mol. The van der Waals surface area contributed by atoms with Crippen LogP contribution < -0.4 is 19.1 Å². The maximum Gasteiger partial charge on any atom is 0.387 e. The second-order valence-electron chi connectivity index (χ2n) is 6.98. The number of benzene rings is 2. The Hall–Kier alpha value is -3.57. The van der Waals surface area contributed by atoms with Crippen LogP contribution in [-0.4, -0.2) is 47.7 Å². The van der Waals surface area contributed by atoms with Gasteiger partial charge in [-0.1, -0.05) is 6.07 Å². The van der Waals surface area contributed by atoms with Crippen molar-refractivity contribution in [1.29, 1.82) is 0 Å². The van der Waals surface area contributed by atoms with Crippen molar-refractivity contribution >= 4 is 11.4 Å². The molecule has 2 N–H and O–H groups in total. The van der Waals surface area contributed by atoms with Crippen LogP contribution in [0.2, 0.25) is 0 Å². The van der Waals surface area contributed by atoms with Crippen molar-refractivity contribution in [1.82, 2.24) is 4.98 Å². The molecule has 1 atom stereocenters. The normalized spacial score (nSPS) is 12.0. The first-order chi connectivity index (χ1) is 16.4. The number of anilines is 2. The summed E-state index contributed by atoms with van der Waals surface area (Å²) in [5.74, 6) is -0.631. The minimum atomic E-state index is -3.24. The van der Waals surface area contributed by atoms with Gasteiger partial charge >= 0.3 is 13.2 Å². The van der Waals surface area contributed by atoms with E-state index in [-0.39, 0.29) is 13.2 Å². The number of halogens is 4. The molecule has 3 aromatic rings. The molecular weight excluding hydrogens is 460 g/mol. The molecule has 182 valence electrons. The van der Waals surface area contributed by atoms with Gasteiger partial charge in [-0.3, -0.25) is 4.98 Å². The number of hydrogen-bond donors (Lipinski definition) is 2. The van der Waals surface area contributed by atoms with Crippen LogP contribution in [0.3, 0.4) is 0 Å². The van der Waals surface area contributed by atoms with E-state index in [0.717, 1.165) is 11.6 Å². The zero-order chi connectivity index (χ0) is 24.5. The molecule has 0 spiro atoms. The predicted molar refractivity (Wildman–Crippen MR) is 115 cm³/mol. The van der Waals surface area contributed by atoms with Crippen molar-refractivity contribution in [2.24, 2.45) is 0 Å². The highest BCUT2D eigenvalue weighted by Crippen LogP contribution is 2.37. The van der Waals surface area contributed by atoms with E-state index in [0.29, 0.717) is 17.1 Å². The first-order valence-corrected chi connectivity index (χ1v) is 10.1. The topological polar surface area (TPSA) is 84.3 Å². The van der Waals surface area contributed by atoms with Gasteiger partial charge in [0.05, 0.1) is 6.61 Å². The number of nitrogens with zero attached hydrogens (tertiary/aromatic N) is 2. The molecule has 1 aromatic heterocycles. The third kappa shape index (κ3) is 7.22. The van der Waals surface area contributed by atoms with E-state index in [1.54, 1.807) is 47.6 Å². The quantitative estimate of drug-likeness (QED) is 0.371. The fourth-order valence-corrected chi connectivity index (χ4v) is 3.02. The van der Waals surface area contributed by atoms with Gasteiger partial charge in [0.2, 0.25) is 0 Å². The number of aliphatic hydroxyl groups is 2. The summed E-state index contributed by atoms with van der Waals surface area (Å²) in [4.78, 5) is 5.80. The number of hydrogen-bond acceptors (Lipinski definition) is 7. The molecule has 0 aliphatic carbocycles. The zero-order valence-electron chi connectivity index (χ0n) is 17.7. The van der Waals surface area contributed by atoms with E-state index < -0.39 is 37.4 Å². The number of rotatable bonds is 12. The lowest BCUT2D eigenvalue weighted by Gasteiger charge is -2.26. The van der Waals surface area contributed by atoms with E-state index in [2.05, 4.69) is 14.5 Å². The van der Waals surface area contributed by atoms with Gasteiger partial charge in [0.15, 0.2) is 11.5 Å². The Morgan fingerprint density at radius 1 is 0.882 bits per heavy atom. The molecule has 7 nitrogen and oxygen atoms in total. The summed E-state index contributed by atoms with van der Waals surface area (Å²) in [5, 5.41) is 18.3. The summed E-state index contributed by atoms with van der Waals surface area (Å²) < 4.78 is 65.3. The van der Waals surface area contributed by atoms with Gasteiger partial charge in [0.1, 0.15) is 18.5 Å². The number of aromatic nitrogens is 1. The molecule has 1 heterocycles. The molecule has 11 heteroatoms. The van der Waals surface area contributed by atoms with Gasteiger partial charge in [-0.25, -0.2) is 0 Å². The first-order valence-electron chi connectivity index (χ1n) is 10.1. The zero-order valence-corrected chi connectivity index (χ0v) is 17.7. The Balaban J connectivity index is 1.94. The van der Waals surface area contributed by atoms with Crippen LogP contribution >= 0.6 is 0 Å². The van der Waals surface area contributed by atoms with Crippen molar-refractivity contribution in [3.05, 3.63) is 72.6 Å².